The molecule has 9 rings (SSSR count). The monoisotopic (exact) mass is 864 g/mol. The highest BCUT2D eigenvalue weighted by Gasteiger charge is 2.26. The van der Waals surface area contributed by atoms with E-state index in [1.54, 1.807) is 7.11 Å². The summed E-state index contributed by atoms with van der Waals surface area (Å²) >= 11 is 0. The van der Waals surface area contributed by atoms with Crippen molar-refractivity contribution in [1.82, 2.24) is 14.5 Å². The van der Waals surface area contributed by atoms with Crippen molar-refractivity contribution in [2.45, 2.75) is 86.0 Å². The van der Waals surface area contributed by atoms with Crippen molar-refractivity contribution in [2.75, 3.05) is 7.11 Å². The molecule has 4 nitrogen and oxygen atoms in total. The Morgan fingerprint density at radius 3 is 1.83 bits per heavy atom. The minimum atomic E-state index is -0.891. The van der Waals surface area contributed by atoms with Crippen LogP contribution in [0.4, 0.5) is 0 Å². The molecule has 330 valence electrons. The Morgan fingerprint density at radius 2 is 1.20 bits per heavy atom. The van der Waals surface area contributed by atoms with Crippen LogP contribution in [0.1, 0.15) is 90.5 Å². The number of ether oxygens (including phenoxy) is 1. The number of aromatic nitrogens is 3. The molecule has 0 atom stereocenters. The van der Waals surface area contributed by atoms with E-state index in [1.807, 2.05) is 26.1 Å². The molecule has 0 radical (unpaired) electrons. The van der Waals surface area contributed by atoms with Gasteiger partial charge >= 0.3 is 0 Å². The van der Waals surface area contributed by atoms with Crippen LogP contribution in [-0.2, 0) is 10.8 Å². The van der Waals surface area contributed by atoms with Crippen LogP contribution in [0.5, 0.6) is 5.75 Å². The van der Waals surface area contributed by atoms with Gasteiger partial charge in [-0.25, -0.2) is 4.98 Å². The van der Waals surface area contributed by atoms with E-state index in [0.717, 1.165) is 106 Å². The van der Waals surface area contributed by atoms with Crippen LogP contribution in [0.25, 0.3) is 83.9 Å². The second-order valence-electron chi connectivity index (χ2n) is 20.1. The molecule has 7 aromatic carbocycles. The first-order chi connectivity index (χ1) is 31.9. The van der Waals surface area contributed by atoms with E-state index in [4.69, 9.17) is 14.7 Å². The average Bonchev–Trinajstić information content (AvgIpc) is 3.70. The van der Waals surface area contributed by atoms with Crippen LogP contribution in [0.3, 0.4) is 0 Å². The summed E-state index contributed by atoms with van der Waals surface area (Å²) < 4.78 is 18.1. The number of rotatable bonds is 9. The fourth-order valence-electron chi connectivity index (χ4n) is 9.34. The number of methoxy groups -OCH3 is 1. The third-order valence-electron chi connectivity index (χ3n) is 12.9. The van der Waals surface area contributed by atoms with E-state index < -0.39 is 5.89 Å². The van der Waals surface area contributed by atoms with Gasteiger partial charge in [-0.1, -0.05) is 165 Å². The molecule has 0 N–H and O–H groups in total. The van der Waals surface area contributed by atoms with E-state index >= 15 is 0 Å². The molecule has 0 amide bonds. The maximum Gasteiger partial charge on any atom is 0.149 e. The minimum absolute atomic E-state index is 0.0789. The van der Waals surface area contributed by atoms with E-state index in [1.165, 1.54) is 11.1 Å². The zero-order valence-electron chi connectivity index (χ0n) is 41.3. The number of para-hydroxylation sites is 1. The number of aryl methyl sites for hydroxylation is 2. The molecule has 0 spiro atoms. The van der Waals surface area contributed by atoms with Crippen molar-refractivity contribution in [3.8, 4) is 78.6 Å². The number of nitrogens with zero attached hydrogens (tertiary/aromatic N) is 3. The highest BCUT2D eigenvalue weighted by atomic mass is 16.5. The van der Waals surface area contributed by atoms with Gasteiger partial charge in [-0.15, -0.1) is 0 Å². The SMILES string of the molecule is [2H]C(C)(C)c1cc(-c2ccccc2)c(-n2c(-c3cc(C)cc(C)c3OC)nc3c(-c4cc(-c5cc(-c6ccc(C(C)(C)C)cc6)ccn5)cc(C(C)(C)C)c4)cccc32)cc1-c1ccccc1. The molecule has 0 bridgehead atoms. The van der Waals surface area contributed by atoms with Crippen molar-refractivity contribution < 1.29 is 6.11 Å². The summed E-state index contributed by atoms with van der Waals surface area (Å²) in [6.45, 7) is 21.8. The van der Waals surface area contributed by atoms with Crippen molar-refractivity contribution in [3.63, 3.8) is 0 Å². The van der Waals surface area contributed by atoms with Gasteiger partial charge in [0.15, 0.2) is 0 Å². The Morgan fingerprint density at radius 1 is 0.545 bits per heavy atom. The molecule has 0 saturated carbocycles. The normalized spacial score (nSPS) is 12.4. The van der Waals surface area contributed by atoms with E-state index in [-0.39, 0.29) is 10.8 Å². The summed E-state index contributed by atoms with van der Waals surface area (Å²) in [4.78, 5) is 10.7. The number of fused-ring (bicyclic) bond motifs is 1. The maximum absolute atomic E-state index is 9.48. The first kappa shape index (κ1) is 42.9. The molecule has 4 heteroatoms. The topological polar surface area (TPSA) is 39.9 Å². The Hall–Kier alpha value is -7.04. The summed E-state index contributed by atoms with van der Waals surface area (Å²) in [7, 11) is 1.75. The summed E-state index contributed by atoms with van der Waals surface area (Å²) in [6.07, 6.45) is 1.93. The van der Waals surface area contributed by atoms with E-state index in [2.05, 4.69) is 212 Å². The molecule has 0 unspecified atom stereocenters. The van der Waals surface area contributed by atoms with Crippen LogP contribution in [0.15, 0.2) is 164 Å². The van der Waals surface area contributed by atoms with Gasteiger partial charge in [0.2, 0.25) is 0 Å². The summed E-state index contributed by atoms with van der Waals surface area (Å²) in [5, 5.41) is 0. The minimum Gasteiger partial charge on any atom is -0.496 e. The van der Waals surface area contributed by atoms with Gasteiger partial charge in [0, 0.05) is 24.3 Å². The fourth-order valence-corrected chi connectivity index (χ4v) is 9.34. The second kappa shape index (κ2) is 17.4. The molecule has 0 fully saturated rings. The summed E-state index contributed by atoms with van der Waals surface area (Å²) in [5.74, 6) is 0.672. The highest BCUT2D eigenvalue weighted by Crippen LogP contribution is 2.45. The van der Waals surface area contributed by atoms with Gasteiger partial charge < -0.3 is 4.74 Å². The lowest BCUT2D eigenvalue weighted by atomic mass is 9.83. The van der Waals surface area contributed by atoms with Gasteiger partial charge in [0.1, 0.15) is 11.6 Å². The van der Waals surface area contributed by atoms with Gasteiger partial charge in [0.25, 0.3) is 0 Å². The molecule has 0 aliphatic heterocycles. The first-order valence-corrected chi connectivity index (χ1v) is 23.1. The molecular formula is C62H61N3O. The molecule has 2 aromatic heterocycles. The zero-order valence-corrected chi connectivity index (χ0v) is 40.3. The van der Waals surface area contributed by atoms with Crippen LogP contribution < -0.4 is 4.74 Å². The van der Waals surface area contributed by atoms with Gasteiger partial charge in [-0.05, 0) is 140 Å². The number of imidazole rings is 1. The lowest BCUT2D eigenvalue weighted by Crippen LogP contribution is -2.11. The Kier molecular flexibility index (Phi) is 11.3. The molecule has 0 aliphatic carbocycles. The van der Waals surface area contributed by atoms with Crippen LogP contribution in [0.2, 0.25) is 0 Å². The Labute approximate surface area is 393 Å². The van der Waals surface area contributed by atoms with Crippen LogP contribution in [0, 0.1) is 13.8 Å². The Bertz CT molecular complexity index is 3270. The predicted octanol–water partition coefficient (Wildman–Crippen LogP) is 16.8. The number of benzene rings is 7. The van der Waals surface area contributed by atoms with Crippen molar-refractivity contribution in [3.05, 3.63) is 192 Å². The maximum atomic E-state index is 9.48. The third-order valence-corrected chi connectivity index (χ3v) is 12.9. The summed E-state index contributed by atoms with van der Waals surface area (Å²) in [5.41, 5.74) is 19.8. The number of pyridine rings is 1. The van der Waals surface area contributed by atoms with Crippen LogP contribution in [-0.4, -0.2) is 21.6 Å². The smallest absolute Gasteiger partial charge is 0.149 e. The van der Waals surface area contributed by atoms with Gasteiger partial charge in [-0.3, -0.25) is 9.55 Å². The lowest BCUT2D eigenvalue weighted by Gasteiger charge is -2.22. The molecule has 0 aliphatic rings. The molecule has 66 heavy (non-hydrogen) atoms. The quantitative estimate of drug-likeness (QED) is 0.145. The van der Waals surface area contributed by atoms with Crippen molar-refractivity contribution in [1.29, 1.82) is 0 Å². The van der Waals surface area contributed by atoms with Crippen LogP contribution >= 0.6 is 0 Å². The highest BCUT2D eigenvalue weighted by molar-refractivity contribution is 5.98. The molecule has 9 aromatic rings. The lowest BCUT2D eigenvalue weighted by molar-refractivity contribution is 0.413. The fraction of sp³-hybridized carbons (Fsp3) is 0.226. The second-order valence-corrected chi connectivity index (χ2v) is 20.1. The predicted molar refractivity (Wildman–Crippen MR) is 279 cm³/mol. The largest absolute Gasteiger partial charge is 0.496 e. The first-order valence-electron chi connectivity index (χ1n) is 23.6. The number of hydrogen-bond acceptors (Lipinski definition) is 3. The van der Waals surface area contributed by atoms with Crippen molar-refractivity contribution >= 4 is 11.0 Å². The zero-order chi connectivity index (χ0) is 47.4. The standard InChI is InChI=1S/C62H61N3O/c1-39(2)51-37-53(44-21-16-13-17-22-44)57(38-52(51)43-19-14-12-15-20-43)65-56-24-18-23-50(58(56)64-60(65)54-32-40(3)31-41(4)59(54)66-11)46-33-47(35-49(34-46)62(8,9)10)55-36-45(29-30-63-55)42-25-27-48(28-26-42)61(5,6)7/h12-39H,1-11H3/i39D. The molecular weight excluding hydrogens is 803 g/mol. The molecule has 2 heterocycles. The third kappa shape index (κ3) is 8.49. The van der Waals surface area contributed by atoms with E-state index in [9.17, 15) is 1.37 Å². The number of hydrogen-bond donors (Lipinski definition) is 0. The summed E-state index contributed by atoms with van der Waals surface area (Å²) in [6, 6.07) is 56.6. The van der Waals surface area contributed by atoms with Gasteiger partial charge in [0.05, 0.1) is 35.1 Å². The average molecular weight is 865 g/mol. The van der Waals surface area contributed by atoms with Crippen molar-refractivity contribution in [2.24, 2.45) is 0 Å². The molecule has 0 saturated heterocycles. The van der Waals surface area contributed by atoms with E-state index in [0.29, 0.717) is 0 Å². The Balaban J connectivity index is 1.34. The van der Waals surface area contributed by atoms with Gasteiger partial charge in [-0.2, -0.15) is 0 Å².